The minimum atomic E-state index is -1.15. The highest BCUT2D eigenvalue weighted by atomic mass is 35.5. The van der Waals surface area contributed by atoms with Crippen molar-refractivity contribution in [1.82, 2.24) is 5.32 Å². The highest BCUT2D eigenvalue weighted by molar-refractivity contribution is 6.35. The Morgan fingerprint density at radius 3 is 2.81 bits per heavy atom. The summed E-state index contributed by atoms with van der Waals surface area (Å²) in [7, 11) is 0. The molecule has 1 rings (SSSR count). The molecule has 0 radical (unpaired) electrons. The number of carbonyl (C=O) groups excluding carboxylic acids is 1. The highest BCUT2D eigenvalue weighted by Crippen LogP contribution is 2.31. The molecule has 0 saturated carbocycles. The number of carbonyl (C=O) groups is 1. The fourth-order valence-corrected chi connectivity index (χ4v) is 2.45. The smallest absolute Gasteiger partial charge is 0.330 e. The summed E-state index contributed by atoms with van der Waals surface area (Å²) in [6.07, 6.45) is 0. The molecule has 1 aromatic carbocycles. The summed E-state index contributed by atoms with van der Waals surface area (Å²) in [4.78, 5) is 15.0. The molecule has 0 amide bonds. The Morgan fingerprint density at radius 2 is 2.24 bits per heavy atom. The second-order valence-corrected chi connectivity index (χ2v) is 5.19. The second kappa shape index (κ2) is 8.10. The lowest BCUT2D eigenvalue weighted by atomic mass is 9.91. The summed E-state index contributed by atoms with van der Waals surface area (Å²) in [6.45, 7) is 4.14. The zero-order chi connectivity index (χ0) is 15.9. The Hall–Kier alpha value is -1.46. The summed E-state index contributed by atoms with van der Waals surface area (Å²) in [5.41, 5.74) is 7.68. The Bertz CT molecular complexity index is 561. The van der Waals surface area contributed by atoms with Crippen molar-refractivity contribution in [2.75, 3.05) is 19.7 Å². The maximum absolute atomic E-state index is 12.3. The van der Waals surface area contributed by atoms with Crippen LogP contribution in [0.25, 0.3) is 10.4 Å². The van der Waals surface area contributed by atoms with Gasteiger partial charge in [-0.15, -0.1) is 0 Å². The highest BCUT2D eigenvalue weighted by Gasteiger charge is 2.37. The molecule has 8 heteroatoms. The van der Waals surface area contributed by atoms with Gasteiger partial charge >= 0.3 is 5.97 Å². The van der Waals surface area contributed by atoms with E-state index in [4.69, 9.17) is 33.5 Å². The fourth-order valence-electron chi connectivity index (χ4n) is 1.85. The van der Waals surface area contributed by atoms with Crippen LogP contribution in [-0.4, -0.2) is 25.7 Å². The van der Waals surface area contributed by atoms with Gasteiger partial charge in [0.2, 0.25) is 0 Å². The average Bonchev–Trinajstić information content (AvgIpc) is 2.43. The summed E-state index contributed by atoms with van der Waals surface area (Å²) >= 11 is 12.1. The number of azide groups is 1. The zero-order valence-electron chi connectivity index (χ0n) is 11.8. The van der Waals surface area contributed by atoms with Crippen molar-refractivity contribution >= 4 is 29.2 Å². The molecule has 0 heterocycles. The molecule has 0 aliphatic rings. The van der Waals surface area contributed by atoms with E-state index >= 15 is 0 Å². The summed E-state index contributed by atoms with van der Waals surface area (Å²) < 4.78 is 5.11. The predicted molar refractivity (Wildman–Crippen MR) is 82.5 cm³/mol. The SMILES string of the molecule is CCOC(=O)C(C)(NCCN=[N+]=[N-])c1ccc(Cl)cc1Cl. The van der Waals surface area contributed by atoms with Gasteiger partial charge in [-0.1, -0.05) is 34.4 Å². The van der Waals surface area contributed by atoms with Crippen molar-refractivity contribution in [2.45, 2.75) is 19.4 Å². The molecular formula is C13H16Cl2N4O2. The van der Waals surface area contributed by atoms with E-state index in [1.165, 1.54) is 0 Å². The van der Waals surface area contributed by atoms with E-state index < -0.39 is 11.5 Å². The van der Waals surface area contributed by atoms with Crippen molar-refractivity contribution in [2.24, 2.45) is 5.11 Å². The number of halogens is 2. The topological polar surface area (TPSA) is 87.1 Å². The largest absolute Gasteiger partial charge is 0.464 e. The van der Waals surface area contributed by atoms with E-state index in [1.807, 2.05) is 0 Å². The average molecular weight is 331 g/mol. The number of nitrogens with one attached hydrogen (secondary N) is 1. The third-order valence-electron chi connectivity index (χ3n) is 2.91. The van der Waals surface area contributed by atoms with Gasteiger partial charge in [-0.3, -0.25) is 5.32 Å². The molecule has 0 bridgehead atoms. The summed E-state index contributed by atoms with van der Waals surface area (Å²) in [5.74, 6) is -0.463. The monoisotopic (exact) mass is 330 g/mol. The van der Waals surface area contributed by atoms with Gasteiger partial charge in [0.05, 0.1) is 6.61 Å². The lowest BCUT2D eigenvalue weighted by Gasteiger charge is -2.29. The van der Waals surface area contributed by atoms with Crippen LogP contribution in [0.5, 0.6) is 0 Å². The molecule has 21 heavy (non-hydrogen) atoms. The van der Waals surface area contributed by atoms with E-state index in [-0.39, 0.29) is 13.2 Å². The standard InChI is InChI=1S/C13H16Cl2N4O2/c1-3-21-12(20)13(2,17-6-7-18-19-16)10-5-4-9(14)8-11(10)15/h4-5,8,17H,3,6-7H2,1-2H3. The van der Waals surface area contributed by atoms with Crippen LogP contribution in [0.4, 0.5) is 0 Å². The van der Waals surface area contributed by atoms with Crippen LogP contribution in [0, 0.1) is 0 Å². The summed E-state index contributed by atoms with van der Waals surface area (Å²) in [5, 5.41) is 7.28. The Balaban J connectivity index is 3.10. The van der Waals surface area contributed by atoms with E-state index in [1.54, 1.807) is 32.0 Å². The van der Waals surface area contributed by atoms with Gasteiger partial charge in [0.15, 0.2) is 0 Å². The predicted octanol–water partition coefficient (Wildman–Crippen LogP) is 3.67. The molecule has 0 fully saturated rings. The van der Waals surface area contributed by atoms with Crippen molar-refractivity contribution < 1.29 is 9.53 Å². The normalized spacial score (nSPS) is 13.1. The molecule has 0 aliphatic heterocycles. The maximum Gasteiger partial charge on any atom is 0.330 e. The minimum Gasteiger partial charge on any atom is -0.464 e. The Kier molecular flexibility index (Phi) is 6.78. The Morgan fingerprint density at radius 1 is 1.52 bits per heavy atom. The number of esters is 1. The molecule has 1 unspecified atom stereocenters. The first-order valence-electron chi connectivity index (χ1n) is 6.34. The van der Waals surface area contributed by atoms with Crippen LogP contribution in [-0.2, 0) is 15.1 Å². The van der Waals surface area contributed by atoms with Gasteiger partial charge in [0, 0.05) is 33.6 Å². The first-order chi connectivity index (χ1) is 9.95. The lowest BCUT2D eigenvalue weighted by Crippen LogP contribution is -2.48. The van der Waals surface area contributed by atoms with E-state index in [2.05, 4.69) is 15.3 Å². The van der Waals surface area contributed by atoms with Crippen molar-refractivity contribution in [3.05, 3.63) is 44.3 Å². The van der Waals surface area contributed by atoms with E-state index in [0.29, 0.717) is 22.2 Å². The molecule has 0 aliphatic carbocycles. The van der Waals surface area contributed by atoms with Crippen LogP contribution in [0.15, 0.2) is 23.3 Å². The number of nitrogens with zero attached hydrogens (tertiary/aromatic N) is 3. The second-order valence-electron chi connectivity index (χ2n) is 4.35. The molecule has 6 nitrogen and oxygen atoms in total. The number of hydrogen-bond acceptors (Lipinski definition) is 4. The first-order valence-corrected chi connectivity index (χ1v) is 7.10. The van der Waals surface area contributed by atoms with Crippen LogP contribution in [0.3, 0.4) is 0 Å². The quantitative estimate of drug-likeness (QED) is 0.272. The number of benzene rings is 1. The van der Waals surface area contributed by atoms with Crippen LogP contribution in [0.1, 0.15) is 19.4 Å². The lowest BCUT2D eigenvalue weighted by molar-refractivity contribution is -0.151. The van der Waals surface area contributed by atoms with Gasteiger partial charge in [-0.2, -0.15) is 0 Å². The molecule has 1 aromatic rings. The van der Waals surface area contributed by atoms with Gasteiger partial charge in [0.1, 0.15) is 5.54 Å². The van der Waals surface area contributed by atoms with E-state index in [0.717, 1.165) is 0 Å². The number of hydrogen-bond donors (Lipinski definition) is 1. The fraction of sp³-hybridized carbons (Fsp3) is 0.462. The van der Waals surface area contributed by atoms with Gasteiger partial charge in [0.25, 0.3) is 0 Å². The van der Waals surface area contributed by atoms with Gasteiger partial charge in [-0.25, -0.2) is 4.79 Å². The maximum atomic E-state index is 12.3. The van der Waals surface area contributed by atoms with Crippen molar-refractivity contribution in [1.29, 1.82) is 0 Å². The minimum absolute atomic E-state index is 0.205. The molecule has 1 atom stereocenters. The molecule has 0 saturated heterocycles. The third kappa shape index (κ3) is 4.51. The van der Waals surface area contributed by atoms with Crippen molar-refractivity contribution in [3.8, 4) is 0 Å². The first kappa shape index (κ1) is 17.6. The molecule has 1 N–H and O–H groups in total. The molecule has 0 spiro atoms. The van der Waals surface area contributed by atoms with Crippen LogP contribution < -0.4 is 5.32 Å². The number of ether oxygens (including phenoxy) is 1. The molecular weight excluding hydrogens is 315 g/mol. The van der Waals surface area contributed by atoms with Gasteiger partial charge < -0.3 is 4.74 Å². The zero-order valence-corrected chi connectivity index (χ0v) is 13.3. The van der Waals surface area contributed by atoms with E-state index in [9.17, 15) is 4.79 Å². The summed E-state index contributed by atoms with van der Waals surface area (Å²) in [6, 6.07) is 4.88. The van der Waals surface area contributed by atoms with Crippen LogP contribution in [0.2, 0.25) is 10.0 Å². The molecule has 0 aromatic heterocycles. The third-order valence-corrected chi connectivity index (χ3v) is 3.45. The van der Waals surface area contributed by atoms with Crippen molar-refractivity contribution in [3.63, 3.8) is 0 Å². The molecule has 114 valence electrons. The number of rotatable bonds is 7. The van der Waals surface area contributed by atoms with Gasteiger partial charge in [-0.05, 0) is 31.5 Å². The Labute approximate surface area is 133 Å². The van der Waals surface area contributed by atoms with Crippen LogP contribution >= 0.6 is 23.2 Å².